The van der Waals surface area contributed by atoms with Gasteiger partial charge in [-0.05, 0) is 147 Å². The van der Waals surface area contributed by atoms with Gasteiger partial charge in [0.15, 0.2) is 11.4 Å². The summed E-state index contributed by atoms with van der Waals surface area (Å²) in [6, 6.07) is 29.9. The molecule has 3 amide bonds. The fourth-order valence-corrected chi connectivity index (χ4v) is 12.5. The molecule has 1 saturated carbocycles. The summed E-state index contributed by atoms with van der Waals surface area (Å²) in [7, 11) is 1.92. The lowest BCUT2D eigenvalue weighted by atomic mass is 9.78. The molecule has 3 fully saturated rings. The Morgan fingerprint density at radius 3 is 2.47 bits per heavy atom. The van der Waals surface area contributed by atoms with Crippen LogP contribution in [0.2, 0.25) is 0 Å². The monoisotopic (exact) mass is 1000 g/mol. The van der Waals surface area contributed by atoms with Crippen molar-refractivity contribution < 1.29 is 29.3 Å². The molecule has 4 aromatic carbocycles. The third-order valence-corrected chi connectivity index (χ3v) is 16.9. The van der Waals surface area contributed by atoms with Crippen LogP contribution in [0.5, 0.6) is 5.75 Å². The van der Waals surface area contributed by atoms with Gasteiger partial charge in [0.1, 0.15) is 17.3 Å². The largest absolute Gasteiger partial charge is 0.490 e. The number of para-hydroxylation sites is 1. The maximum absolute atomic E-state index is 13.7. The standard InChI is InChI=1S/C57H63N9O6S/c1-34(24-26-64-28-30-65(31-29-64)38-16-19-43-47(32-38)63(3)62-52(43)44-21-23-51(67)60-55(44)69)36-14-17-39(18-15-36)72-48-12-7-9-40(35(48)2)41-20-22-50(59-53(41)56(70)71)66-27-25-37-8-6-10-42(45(37)33-66)54(68)61-57-58-46-11-4-5-13-49(46)73-57/h4-13,16,19-20,22,32,34,36,39,44,56,70-71H,14-15,17-18,21,23-31,33H2,1-3H3,(H,58,61,68)(H,60,67,69)/t34-,36?,39?,44?/m1/s1. The summed E-state index contributed by atoms with van der Waals surface area (Å²) in [6.07, 6.45) is 5.25. The molecule has 2 saturated heterocycles. The van der Waals surface area contributed by atoms with E-state index in [0.717, 1.165) is 113 Å². The van der Waals surface area contributed by atoms with Gasteiger partial charge in [-0.15, -0.1) is 0 Å². The zero-order valence-electron chi connectivity index (χ0n) is 41.7. The molecule has 378 valence electrons. The first-order chi connectivity index (χ1) is 35.4. The number of nitrogens with zero attached hydrogens (tertiary/aromatic N) is 7. The summed E-state index contributed by atoms with van der Waals surface area (Å²) in [5, 5.41) is 33.3. The maximum Gasteiger partial charge on any atom is 0.257 e. The lowest BCUT2D eigenvalue weighted by Gasteiger charge is -2.37. The van der Waals surface area contributed by atoms with Crippen LogP contribution in [0.4, 0.5) is 16.6 Å². The van der Waals surface area contributed by atoms with Crippen molar-refractivity contribution in [1.82, 2.24) is 30.0 Å². The zero-order valence-corrected chi connectivity index (χ0v) is 42.5. The van der Waals surface area contributed by atoms with E-state index in [4.69, 9.17) is 14.8 Å². The smallest absolute Gasteiger partial charge is 0.257 e. The number of pyridine rings is 1. The van der Waals surface area contributed by atoms with Crippen molar-refractivity contribution in [3.8, 4) is 16.9 Å². The second kappa shape index (κ2) is 20.7. The molecular formula is C57H63N9O6S. The summed E-state index contributed by atoms with van der Waals surface area (Å²) in [4.78, 5) is 54.7. The minimum atomic E-state index is -1.80. The predicted molar refractivity (Wildman–Crippen MR) is 285 cm³/mol. The Bertz CT molecular complexity index is 3180. The molecule has 0 bridgehead atoms. The normalized spacial score (nSPS) is 20.1. The van der Waals surface area contributed by atoms with Crippen LogP contribution in [0.3, 0.4) is 0 Å². The molecule has 73 heavy (non-hydrogen) atoms. The summed E-state index contributed by atoms with van der Waals surface area (Å²) >= 11 is 1.45. The number of thiazole rings is 1. The number of aryl methyl sites for hydroxylation is 1. The molecule has 1 aliphatic carbocycles. The number of anilines is 3. The molecular weight excluding hydrogens is 939 g/mol. The molecule has 0 radical (unpaired) electrons. The summed E-state index contributed by atoms with van der Waals surface area (Å²) in [5.74, 6) is 1.59. The van der Waals surface area contributed by atoms with E-state index in [1.165, 1.54) is 23.4 Å². The minimum absolute atomic E-state index is 0.110. The lowest BCUT2D eigenvalue weighted by molar-refractivity contribution is -0.134. The van der Waals surface area contributed by atoms with Gasteiger partial charge in [-0.3, -0.25) is 34.6 Å². The van der Waals surface area contributed by atoms with Gasteiger partial charge in [0.2, 0.25) is 11.8 Å². The Balaban J connectivity index is 0.672. The van der Waals surface area contributed by atoms with Crippen molar-refractivity contribution in [3.05, 3.63) is 125 Å². The van der Waals surface area contributed by atoms with E-state index in [-0.39, 0.29) is 29.5 Å². The van der Waals surface area contributed by atoms with Crippen LogP contribution in [0.25, 0.3) is 32.2 Å². The number of carbonyl (C=O) groups excluding carboxylic acids is 3. The van der Waals surface area contributed by atoms with Gasteiger partial charge in [0.25, 0.3) is 5.91 Å². The van der Waals surface area contributed by atoms with Crippen LogP contribution < -0.4 is 25.2 Å². The third kappa shape index (κ3) is 10.0. The Morgan fingerprint density at radius 2 is 1.67 bits per heavy atom. The number of hydrogen-bond acceptors (Lipinski definition) is 13. The fraction of sp³-hybridized carbons (Fsp3) is 0.404. The van der Waals surface area contributed by atoms with Crippen molar-refractivity contribution in [3.63, 3.8) is 0 Å². The molecule has 7 aromatic rings. The highest BCUT2D eigenvalue weighted by Gasteiger charge is 2.33. The van der Waals surface area contributed by atoms with E-state index in [9.17, 15) is 24.6 Å². The van der Waals surface area contributed by atoms with Crippen molar-refractivity contribution in [2.24, 2.45) is 18.9 Å². The molecule has 11 rings (SSSR count). The highest BCUT2D eigenvalue weighted by atomic mass is 32.1. The molecule has 16 heteroatoms. The molecule has 3 aromatic heterocycles. The first-order valence-corrected chi connectivity index (χ1v) is 26.7. The number of carbonyl (C=O) groups is 3. The average molecular weight is 1000 g/mol. The van der Waals surface area contributed by atoms with Crippen LogP contribution in [0.1, 0.15) is 103 Å². The quantitative estimate of drug-likeness (QED) is 0.0640. The number of aliphatic hydroxyl groups is 2. The molecule has 1 unspecified atom stereocenters. The Labute approximate surface area is 429 Å². The second-order valence-electron chi connectivity index (χ2n) is 20.4. The fourth-order valence-electron chi connectivity index (χ4n) is 11.7. The molecule has 6 heterocycles. The Kier molecular flexibility index (Phi) is 13.7. The van der Waals surface area contributed by atoms with Gasteiger partial charge in [-0.2, -0.15) is 5.10 Å². The van der Waals surface area contributed by atoms with Crippen LogP contribution >= 0.6 is 11.3 Å². The first-order valence-electron chi connectivity index (χ1n) is 25.9. The number of benzene rings is 4. The zero-order chi connectivity index (χ0) is 50.3. The SMILES string of the molecule is Cc1c(OC2CCC([C@H](C)CCN3CCN(c4ccc5c(C6CCC(=O)NC6=O)nn(C)c5c4)CC3)CC2)cccc1-c1ccc(N2CCc3cccc(C(=O)Nc4nc5ccccc5s4)c3C2)nc1C(O)O. The summed E-state index contributed by atoms with van der Waals surface area (Å²) in [6.45, 7) is 10.6. The van der Waals surface area contributed by atoms with Gasteiger partial charge in [0.05, 0.1) is 33.4 Å². The number of imide groups is 1. The topological polar surface area (TPSA) is 178 Å². The van der Waals surface area contributed by atoms with E-state index in [2.05, 4.69) is 61.5 Å². The van der Waals surface area contributed by atoms with E-state index < -0.39 is 12.2 Å². The van der Waals surface area contributed by atoms with E-state index in [1.54, 1.807) is 0 Å². The lowest BCUT2D eigenvalue weighted by Crippen LogP contribution is -2.47. The highest BCUT2D eigenvalue weighted by molar-refractivity contribution is 7.22. The van der Waals surface area contributed by atoms with E-state index in [1.807, 2.05) is 85.4 Å². The number of ether oxygens (including phenoxy) is 1. The summed E-state index contributed by atoms with van der Waals surface area (Å²) < 4.78 is 9.61. The van der Waals surface area contributed by atoms with E-state index >= 15 is 0 Å². The summed E-state index contributed by atoms with van der Waals surface area (Å²) in [5.41, 5.74) is 8.96. The van der Waals surface area contributed by atoms with Gasteiger partial charge in [-0.25, -0.2) is 9.97 Å². The molecule has 3 aliphatic heterocycles. The molecule has 15 nitrogen and oxygen atoms in total. The van der Waals surface area contributed by atoms with Gasteiger partial charge < -0.3 is 24.7 Å². The van der Waals surface area contributed by atoms with Crippen LogP contribution in [0, 0.1) is 18.8 Å². The number of amides is 3. The number of hydrogen-bond donors (Lipinski definition) is 4. The van der Waals surface area contributed by atoms with Crippen molar-refractivity contribution >= 4 is 66.8 Å². The number of rotatable bonds is 13. The van der Waals surface area contributed by atoms with Crippen LogP contribution in [-0.2, 0) is 29.6 Å². The van der Waals surface area contributed by atoms with E-state index in [0.29, 0.717) is 66.3 Å². The van der Waals surface area contributed by atoms with Crippen LogP contribution in [0.15, 0.2) is 91.0 Å². The molecule has 2 atom stereocenters. The van der Waals surface area contributed by atoms with Crippen molar-refractivity contribution in [1.29, 1.82) is 0 Å². The number of aliphatic hydroxyl groups excluding tert-OH is 1. The van der Waals surface area contributed by atoms with Crippen molar-refractivity contribution in [2.45, 2.75) is 90.1 Å². The highest BCUT2D eigenvalue weighted by Crippen LogP contribution is 2.40. The second-order valence-corrected chi connectivity index (χ2v) is 21.5. The first kappa shape index (κ1) is 48.5. The number of nitrogens with one attached hydrogen (secondary N) is 2. The number of fused-ring (bicyclic) bond motifs is 3. The van der Waals surface area contributed by atoms with Gasteiger partial charge in [0, 0.05) is 74.9 Å². The van der Waals surface area contributed by atoms with Crippen LogP contribution in [-0.4, -0.2) is 98.0 Å². The van der Waals surface area contributed by atoms with Gasteiger partial charge in [-0.1, -0.05) is 54.7 Å². The molecule has 4 aliphatic rings. The average Bonchev–Trinajstić information content (AvgIpc) is 3.97. The maximum atomic E-state index is 13.7. The number of piperidine rings is 1. The predicted octanol–water partition coefficient (Wildman–Crippen LogP) is 8.66. The number of piperazine rings is 1. The minimum Gasteiger partial charge on any atom is -0.490 e. The third-order valence-electron chi connectivity index (χ3n) is 16.0. The Morgan fingerprint density at radius 1 is 0.863 bits per heavy atom. The van der Waals surface area contributed by atoms with Crippen molar-refractivity contribution in [2.75, 3.05) is 54.4 Å². The number of aromatic nitrogens is 4. The van der Waals surface area contributed by atoms with Gasteiger partial charge >= 0.3 is 0 Å². The molecule has 0 spiro atoms. The Hall–Kier alpha value is -6.72. The molecule has 4 N–H and O–H groups in total.